The summed E-state index contributed by atoms with van der Waals surface area (Å²) in [5, 5.41) is 18.0. The molecular weight excluding hydrogens is 614 g/mol. The largest absolute Gasteiger partial charge is 0.489 e. The van der Waals surface area contributed by atoms with E-state index in [0.29, 0.717) is 18.3 Å². The maximum Gasteiger partial charge on any atom is 0.205 e. The third-order valence-electron chi connectivity index (χ3n) is 8.71. The Hall–Kier alpha value is -5.46. The Morgan fingerprint density at radius 3 is 1.83 bits per heavy atom. The molecule has 7 rings (SSSR count). The molecule has 0 amide bonds. The van der Waals surface area contributed by atoms with Crippen LogP contribution in [0, 0.1) is 0 Å². The first kappa shape index (κ1) is 31.2. The molecule has 7 heteroatoms. The monoisotopic (exact) mass is 649 g/mol. The minimum Gasteiger partial charge on any atom is -0.489 e. The van der Waals surface area contributed by atoms with Crippen molar-refractivity contribution >= 4 is 11.6 Å². The van der Waals surface area contributed by atoms with Gasteiger partial charge in [-0.3, -0.25) is 0 Å². The molecule has 5 aromatic carbocycles. The number of allylic oxidation sites excluding steroid dienone is 2. The van der Waals surface area contributed by atoms with Crippen molar-refractivity contribution in [3.63, 3.8) is 0 Å². The van der Waals surface area contributed by atoms with E-state index in [1.165, 1.54) is 0 Å². The number of alkyl halides is 1. The normalized spacial score (nSPS) is 16.1. The van der Waals surface area contributed by atoms with Crippen LogP contribution >= 0.6 is 11.6 Å². The summed E-state index contributed by atoms with van der Waals surface area (Å²) in [6.07, 6.45) is 4.04. The molecule has 1 atom stereocenters. The third kappa shape index (κ3) is 6.03. The number of rotatable bonds is 10. The molecule has 0 aliphatic carbocycles. The Bertz CT molecular complexity index is 1960. The highest BCUT2D eigenvalue weighted by Gasteiger charge is 2.41. The van der Waals surface area contributed by atoms with Crippen LogP contribution in [-0.4, -0.2) is 31.6 Å². The first-order valence-electron chi connectivity index (χ1n) is 16.0. The lowest BCUT2D eigenvalue weighted by Crippen LogP contribution is -2.43. The van der Waals surface area contributed by atoms with Gasteiger partial charge in [-0.2, -0.15) is 0 Å². The smallest absolute Gasteiger partial charge is 0.205 e. The standard InChI is InChI=1S/C41H36ClN5O/c1-30-26-36(27-40(2,29-42)43-30)48-28-31-22-24-32(25-23-31)37-20-12-13-21-38(37)39-44-46-47(45-39)41(33-14-6-3-7-15-33,34-16-8-4-9-17-34)35-18-10-5-11-19-35/h3-27,43H,28-29H2,1-2H3. The predicted octanol–water partition coefficient (Wildman–Crippen LogP) is 8.75. The average molecular weight is 650 g/mol. The SMILES string of the molecule is CC1=CC(OCc2ccc(-c3ccccc3-c3nnn(C(c4ccccc4)(c4ccccc4)c4ccccc4)n3)cc2)=CC(C)(CCl)N1. The van der Waals surface area contributed by atoms with Crippen molar-refractivity contribution in [3.05, 3.63) is 185 Å². The van der Waals surface area contributed by atoms with Crippen molar-refractivity contribution in [3.8, 4) is 22.5 Å². The molecule has 1 aliphatic rings. The number of nitrogens with zero attached hydrogens (tertiary/aromatic N) is 4. The lowest BCUT2D eigenvalue weighted by atomic mass is 9.77. The molecule has 6 nitrogen and oxygen atoms in total. The Balaban J connectivity index is 1.24. The molecule has 1 aliphatic heterocycles. The second-order valence-corrected chi connectivity index (χ2v) is 12.6. The van der Waals surface area contributed by atoms with Gasteiger partial charge in [0.2, 0.25) is 5.82 Å². The van der Waals surface area contributed by atoms with Crippen molar-refractivity contribution in [1.82, 2.24) is 25.5 Å². The zero-order valence-corrected chi connectivity index (χ0v) is 27.7. The molecule has 0 spiro atoms. The lowest BCUT2D eigenvalue weighted by Gasteiger charge is -2.34. The molecule has 0 saturated heterocycles. The van der Waals surface area contributed by atoms with Crippen LogP contribution < -0.4 is 5.32 Å². The number of hydrogen-bond donors (Lipinski definition) is 1. The minimum absolute atomic E-state index is 0.331. The van der Waals surface area contributed by atoms with Gasteiger partial charge in [0.15, 0.2) is 5.54 Å². The van der Waals surface area contributed by atoms with Gasteiger partial charge < -0.3 is 10.1 Å². The summed E-state index contributed by atoms with van der Waals surface area (Å²) >= 11 is 6.21. The molecule has 0 radical (unpaired) electrons. The van der Waals surface area contributed by atoms with Crippen LogP contribution in [0.3, 0.4) is 0 Å². The van der Waals surface area contributed by atoms with Gasteiger partial charge in [-0.15, -0.1) is 26.6 Å². The average Bonchev–Trinajstić information content (AvgIpc) is 3.63. The van der Waals surface area contributed by atoms with Gasteiger partial charge >= 0.3 is 0 Å². The summed E-state index contributed by atoms with van der Waals surface area (Å²) in [5.41, 5.74) is 7.01. The van der Waals surface area contributed by atoms with Gasteiger partial charge in [0.1, 0.15) is 12.4 Å². The van der Waals surface area contributed by atoms with Crippen LogP contribution in [0.4, 0.5) is 0 Å². The Labute approximate surface area is 286 Å². The van der Waals surface area contributed by atoms with Gasteiger partial charge in [0, 0.05) is 17.1 Å². The summed E-state index contributed by atoms with van der Waals surface area (Å²) in [5.74, 6) is 1.82. The number of dihydropyridines is 1. The number of nitrogens with one attached hydrogen (secondary N) is 1. The van der Waals surface area contributed by atoms with E-state index in [2.05, 4.69) is 121 Å². The number of ether oxygens (including phenoxy) is 1. The fourth-order valence-electron chi connectivity index (χ4n) is 6.47. The highest BCUT2D eigenvalue weighted by Crippen LogP contribution is 2.40. The third-order valence-corrected chi connectivity index (χ3v) is 9.26. The van der Waals surface area contributed by atoms with Crippen molar-refractivity contribution in [1.29, 1.82) is 0 Å². The Kier molecular flexibility index (Phi) is 8.66. The number of benzene rings is 5. The lowest BCUT2D eigenvalue weighted by molar-refractivity contribution is 0.204. The molecular formula is C41H36ClN5O. The molecule has 48 heavy (non-hydrogen) atoms. The quantitative estimate of drug-likeness (QED) is 0.119. The summed E-state index contributed by atoms with van der Waals surface area (Å²) in [4.78, 5) is 1.76. The second-order valence-electron chi connectivity index (χ2n) is 12.3. The molecule has 2 heterocycles. The molecule has 1 N–H and O–H groups in total. The summed E-state index contributed by atoms with van der Waals surface area (Å²) < 4.78 is 6.17. The summed E-state index contributed by atoms with van der Waals surface area (Å²) in [6.45, 7) is 4.53. The van der Waals surface area contributed by atoms with Gasteiger partial charge in [-0.05, 0) is 64.6 Å². The zero-order valence-electron chi connectivity index (χ0n) is 26.9. The predicted molar refractivity (Wildman–Crippen MR) is 192 cm³/mol. The van der Waals surface area contributed by atoms with E-state index in [-0.39, 0.29) is 5.54 Å². The van der Waals surface area contributed by atoms with Gasteiger partial charge in [-0.25, -0.2) is 0 Å². The zero-order chi connectivity index (χ0) is 33.0. The van der Waals surface area contributed by atoms with Crippen LogP contribution in [0.1, 0.15) is 36.1 Å². The number of aromatic nitrogens is 4. The van der Waals surface area contributed by atoms with E-state index >= 15 is 0 Å². The van der Waals surface area contributed by atoms with E-state index in [1.54, 1.807) is 4.80 Å². The molecule has 0 bridgehead atoms. The van der Waals surface area contributed by atoms with Crippen LogP contribution in [0.5, 0.6) is 0 Å². The summed E-state index contributed by atoms with van der Waals surface area (Å²) in [7, 11) is 0. The van der Waals surface area contributed by atoms with Crippen LogP contribution in [0.2, 0.25) is 0 Å². The van der Waals surface area contributed by atoms with E-state index in [1.807, 2.05) is 49.4 Å². The van der Waals surface area contributed by atoms with E-state index in [4.69, 9.17) is 31.7 Å². The highest BCUT2D eigenvalue weighted by atomic mass is 35.5. The van der Waals surface area contributed by atoms with Gasteiger partial charge in [-0.1, -0.05) is 140 Å². The molecule has 238 valence electrons. The van der Waals surface area contributed by atoms with Crippen molar-refractivity contribution in [2.75, 3.05) is 5.88 Å². The second kappa shape index (κ2) is 13.3. The minimum atomic E-state index is -0.843. The molecule has 1 aromatic heterocycles. The van der Waals surface area contributed by atoms with Crippen LogP contribution in [0.15, 0.2) is 163 Å². The maximum atomic E-state index is 6.21. The summed E-state index contributed by atoms with van der Waals surface area (Å²) in [6, 6.07) is 47.7. The van der Waals surface area contributed by atoms with Crippen LogP contribution in [0.25, 0.3) is 22.5 Å². The molecule has 6 aromatic rings. The fourth-order valence-corrected chi connectivity index (χ4v) is 6.62. The Morgan fingerprint density at radius 1 is 0.729 bits per heavy atom. The number of hydrogen-bond acceptors (Lipinski definition) is 5. The first-order chi connectivity index (χ1) is 23.5. The van der Waals surface area contributed by atoms with Crippen molar-refractivity contribution < 1.29 is 4.74 Å². The fraction of sp³-hybridized carbons (Fsp3) is 0.146. The maximum absolute atomic E-state index is 6.21. The van der Waals surface area contributed by atoms with Crippen molar-refractivity contribution in [2.24, 2.45) is 0 Å². The van der Waals surface area contributed by atoms with E-state index in [9.17, 15) is 0 Å². The first-order valence-corrected chi connectivity index (χ1v) is 16.6. The van der Waals surface area contributed by atoms with E-state index in [0.717, 1.165) is 50.4 Å². The van der Waals surface area contributed by atoms with E-state index < -0.39 is 5.54 Å². The molecule has 1 unspecified atom stereocenters. The number of halogens is 1. The van der Waals surface area contributed by atoms with Gasteiger partial charge in [0.05, 0.1) is 5.54 Å². The molecule has 0 fully saturated rings. The molecule has 0 saturated carbocycles. The topological polar surface area (TPSA) is 64.9 Å². The van der Waals surface area contributed by atoms with Crippen molar-refractivity contribution in [2.45, 2.75) is 31.5 Å². The highest BCUT2D eigenvalue weighted by molar-refractivity contribution is 6.18. The van der Waals surface area contributed by atoms with Gasteiger partial charge in [0.25, 0.3) is 0 Å². The Morgan fingerprint density at radius 2 is 1.27 bits per heavy atom. The van der Waals surface area contributed by atoms with Crippen LogP contribution in [-0.2, 0) is 16.9 Å². The number of tetrazole rings is 1.